The summed E-state index contributed by atoms with van der Waals surface area (Å²) in [7, 11) is 2.02. The fourth-order valence-corrected chi connectivity index (χ4v) is 3.75. The molecule has 0 saturated carbocycles. The van der Waals surface area contributed by atoms with Gasteiger partial charge >= 0.3 is 0 Å². The van der Waals surface area contributed by atoms with Crippen molar-refractivity contribution in [2.24, 2.45) is 12.8 Å². The predicted molar refractivity (Wildman–Crippen MR) is 151 cm³/mol. The molecule has 0 aliphatic carbocycles. The number of hydrogen-bond donors (Lipinski definition) is 3. The number of nitrogens with two attached hydrogens (primary N) is 1. The van der Waals surface area contributed by atoms with Gasteiger partial charge in [0.15, 0.2) is 0 Å². The molecule has 0 atom stereocenters. The number of imidazole rings is 1. The number of amides is 1. The lowest BCUT2D eigenvalue weighted by Crippen LogP contribution is -2.28. The van der Waals surface area contributed by atoms with Gasteiger partial charge in [-0.05, 0) is 47.9 Å². The fourth-order valence-electron chi connectivity index (χ4n) is 3.75. The molecule has 0 fully saturated rings. The summed E-state index contributed by atoms with van der Waals surface area (Å²) in [6, 6.07) is 24.0. The van der Waals surface area contributed by atoms with Gasteiger partial charge in [-0.25, -0.2) is 4.98 Å². The number of carbonyl (C=O) groups is 1. The zero-order valence-electron chi connectivity index (χ0n) is 19.6. The Labute approximate surface area is 224 Å². The molecule has 0 bridgehead atoms. The molecule has 9 heteroatoms. The summed E-state index contributed by atoms with van der Waals surface area (Å²) in [6.45, 7) is 1.77. The number of halogens is 3. The van der Waals surface area contributed by atoms with E-state index in [9.17, 15) is 4.79 Å². The lowest BCUT2D eigenvalue weighted by atomic mass is 10.1. The SMILES string of the molecule is Cl.Cl.Cl.Cn1c(CCc2ccc(CN)cc2)nc2cc(C(=O)NCCNc3ccccc3)ccc21. The topological polar surface area (TPSA) is 85.0 Å². The number of anilines is 1. The Bertz CT molecular complexity index is 1200. The first kappa shape index (κ1) is 30.3. The third kappa shape index (κ3) is 7.87. The smallest absolute Gasteiger partial charge is 0.251 e. The predicted octanol–water partition coefficient (Wildman–Crippen LogP) is 4.92. The highest BCUT2D eigenvalue weighted by atomic mass is 35.5. The first-order valence-electron chi connectivity index (χ1n) is 10.9. The highest BCUT2D eigenvalue weighted by molar-refractivity contribution is 5.97. The van der Waals surface area contributed by atoms with Crippen LogP contribution in [0.2, 0.25) is 0 Å². The number of aromatic nitrogens is 2. The van der Waals surface area contributed by atoms with Crippen LogP contribution in [-0.2, 0) is 26.4 Å². The van der Waals surface area contributed by atoms with Crippen LogP contribution in [0.5, 0.6) is 0 Å². The number of carbonyl (C=O) groups excluding carboxylic acids is 1. The first-order chi connectivity index (χ1) is 15.6. The van der Waals surface area contributed by atoms with Gasteiger partial charge in [-0.1, -0.05) is 42.5 Å². The van der Waals surface area contributed by atoms with Crippen molar-refractivity contribution in [2.75, 3.05) is 18.4 Å². The molecule has 0 aliphatic rings. The zero-order valence-corrected chi connectivity index (χ0v) is 22.0. The third-order valence-electron chi connectivity index (χ3n) is 5.65. The Kier molecular flexibility index (Phi) is 12.6. The molecule has 0 radical (unpaired) electrons. The molecule has 0 spiro atoms. The van der Waals surface area contributed by atoms with Crippen LogP contribution in [0.1, 0.15) is 27.3 Å². The molecule has 0 unspecified atom stereocenters. The maximum absolute atomic E-state index is 12.6. The van der Waals surface area contributed by atoms with Crippen LogP contribution in [0.25, 0.3) is 11.0 Å². The van der Waals surface area contributed by atoms with Crippen LogP contribution >= 0.6 is 37.2 Å². The van der Waals surface area contributed by atoms with E-state index in [1.165, 1.54) is 5.56 Å². The Morgan fingerprint density at radius 1 is 0.886 bits per heavy atom. The number of fused-ring (bicyclic) bond motifs is 1. The van der Waals surface area contributed by atoms with E-state index in [0.717, 1.165) is 41.0 Å². The van der Waals surface area contributed by atoms with Gasteiger partial charge in [0.25, 0.3) is 5.91 Å². The van der Waals surface area contributed by atoms with Crippen LogP contribution in [0.15, 0.2) is 72.8 Å². The van der Waals surface area contributed by atoms with Crippen LogP contribution in [0.4, 0.5) is 5.69 Å². The molecule has 35 heavy (non-hydrogen) atoms. The van der Waals surface area contributed by atoms with Gasteiger partial charge < -0.3 is 20.9 Å². The summed E-state index contributed by atoms with van der Waals surface area (Å²) in [5.74, 6) is 0.918. The van der Waals surface area contributed by atoms with E-state index in [1.807, 2.05) is 55.6 Å². The summed E-state index contributed by atoms with van der Waals surface area (Å²) < 4.78 is 2.11. The van der Waals surface area contributed by atoms with Gasteiger partial charge in [0, 0.05) is 44.4 Å². The maximum atomic E-state index is 12.6. The van der Waals surface area contributed by atoms with Crippen molar-refractivity contribution in [3.8, 4) is 0 Å². The summed E-state index contributed by atoms with van der Waals surface area (Å²) in [4.78, 5) is 17.4. The van der Waals surface area contributed by atoms with Gasteiger partial charge in [0.05, 0.1) is 11.0 Å². The second-order valence-corrected chi connectivity index (χ2v) is 7.86. The van der Waals surface area contributed by atoms with Crippen molar-refractivity contribution in [3.05, 3.63) is 95.3 Å². The summed E-state index contributed by atoms with van der Waals surface area (Å²) in [6.07, 6.45) is 1.74. The van der Waals surface area contributed by atoms with E-state index in [2.05, 4.69) is 39.5 Å². The van der Waals surface area contributed by atoms with Crippen molar-refractivity contribution in [2.45, 2.75) is 19.4 Å². The average Bonchev–Trinajstić information content (AvgIpc) is 3.16. The van der Waals surface area contributed by atoms with Gasteiger partial charge in [-0.3, -0.25) is 4.79 Å². The van der Waals surface area contributed by atoms with E-state index in [4.69, 9.17) is 10.7 Å². The number of nitrogens with one attached hydrogen (secondary N) is 2. The lowest BCUT2D eigenvalue weighted by molar-refractivity contribution is 0.0955. The largest absolute Gasteiger partial charge is 0.383 e. The number of nitrogens with zero attached hydrogens (tertiary/aromatic N) is 2. The van der Waals surface area contributed by atoms with Gasteiger partial charge in [0.2, 0.25) is 0 Å². The zero-order chi connectivity index (χ0) is 22.3. The molecule has 6 nitrogen and oxygen atoms in total. The maximum Gasteiger partial charge on any atom is 0.251 e. The third-order valence-corrected chi connectivity index (χ3v) is 5.65. The van der Waals surface area contributed by atoms with Crippen molar-refractivity contribution >= 4 is 59.8 Å². The molecule has 1 amide bonds. The second kappa shape index (κ2) is 14.6. The van der Waals surface area contributed by atoms with Gasteiger partial charge in [-0.2, -0.15) is 0 Å². The molecule has 4 rings (SSSR count). The van der Waals surface area contributed by atoms with E-state index in [-0.39, 0.29) is 43.1 Å². The molecular weight excluding hydrogens is 505 g/mol. The normalized spacial score (nSPS) is 10.0. The highest BCUT2D eigenvalue weighted by Gasteiger charge is 2.12. The molecule has 3 aromatic carbocycles. The molecule has 4 aromatic rings. The number of aryl methyl sites for hydroxylation is 3. The van der Waals surface area contributed by atoms with Gasteiger partial charge in [0.1, 0.15) is 5.82 Å². The first-order valence-corrected chi connectivity index (χ1v) is 10.9. The van der Waals surface area contributed by atoms with Crippen LogP contribution in [0.3, 0.4) is 0 Å². The standard InChI is InChI=1S/C26H29N5O.3ClH/c1-31-24-13-12-21(26(32)29-16-15-28-22-5-3-2-4-6-22)17-23(24)30-25(31)14-11-19-7-9-20(18-27)10-8-19;;;/h2-10,12-13,17,28H,11,14-16,18,27H2,1H3,(H,29,32);3*1H. The van der Waals surface area contributed by atoms with Crippen molar-refractivity contribution in [1.82, 2.24) is 14.9 Å². The number of rotatable bonds is 9. The molecule has 4 N–H and O–H groups in total. The summed E-state index contributed by atoms with van der Waals surface area (Å²) in [5.41, 5.74) is 11.6. The molecule has 1 aromatic heterocycles. The van der Waals surface area contributed by atoms with Crippen LogP contribution in [0, 0.1) is 0 Å². The van der Waals surface area contributed by atoms with Crippen LogP contribution in [-0.4, -0.2) is 28.5 Å². The number of benzene rings is 3. The monoisotopic (exact) mass is 535 g/mol. The van der Waals surface area contributed by atoms with E-state index < -0.39 is 0 Å². The molecule has 0 aliphatic heterocycles. The second-order valence-electron chi connectivity index (χ2n) is 7.86. The van der Waals surface area contributed by atoms with E-state index >= 15 is 0 Å². The number of hydrogen-bond acceptors (Lipinski definition) is 4. The van der Waals surface area contributed by atoms with Crippen LogP contribution < -0.4 is 16.4 Å². The fraction of sp³-hybridized carbons (Fsp3) is 0.231. The van der Waals surface area contributed by atoms with E-state index in [1.54, 1.807) is 0 Å². The number of para-hydroxylation sites is 1. The van der Waals surface area contributed by atoms with Crippen molar-refractivity contribution < 1.29 is 4.79 Å². The molecular formula is C26H32Cl3N5O. The molecule has 1 heterocycles. The highest BCUT2D eigenvalue weighted by Crippen LogP contribution is 2.18. The Morgan fingerprint density at radius 3 is 2.26 bits per heavy atom. The summed E-state index contributed by atoms with van der Waals surface area (Å²) in [5, 5.41) is 6.26. The lowest BCUT2D eigenvalue weighted by Gasteiger charge is -2.08. The minimum Gasteiger partial charge on any atom is -0.383 e. The summed E-state index contributed by atoms with van der Waals surface area (Å²) >= 11 is 0. The Morgan fingerprint density at radius 2 is 1.57 bits per heavy atom. The van der Waals surface area contributed by atoms with E-state index in [0.29, 0.717) is 25.2 Å². The molecule has 188 valence electrons. The average molecular weight is 537 g/mol. The van der Waals surface area contributed by atoms with Gasteiger partial charge in [-0.15, -0.1) is 37.2 Å². The van der Waals surface area contributed by atoms with Crippen molar-refractivity contribution in [3.63, 3.8) is 0 Å². The Hall–Kier alpha value is -2.77. The quantitative estimate of drug-likeness (QED) is 0.265. The van der Waals surface area contributed by atoms with Crippen molar-refractivity contribution in [1.29, 1.82) is 0 Å². The minimum atomic E-state index is -0.0889. The Balaban J connectivity index is 0.00000204. The minimum absolute atomic E-state index is 0. The molecule has 0 saturated heterocycles.